The summed E-state index contributed by atoms with van der Waals surface area (Å²) >= 11 is 0. The van der Waals surface area contributed by atoms with E-state index in [9.17, 15) is 15.3 Å². The highest BCUT2D eigenvalue weighted by molar-refractivity contribution is 5.31. The van der Waals surface area contributed by atoms with E-state index < -0.39 is 28.9 Å². The molecule has 3 saturated carbocycles. The molecule has 1 aliphatic heterocycles. The molecule has 0 aromatic carbocycles. The van der Waals surface area contributed by atoms with Crippen molar-refractivity contribution in [2.75, 3.05) is 6.61 Å². The third kappa shape index (κ3) is 1.13. The zero-order chi connectivity index (χ0) is 14.7. The molecule has 5 nitrogen and oxygen atoms in total. The van der Waals surface area contributed by atoms with E-state index in [1.807, 2.05) is 6.92 Å². The molecule has 1 saturated heterocycles. The van der Waals surface area contributed by atoms with E-state index in [4.69, 9.17) is 10.5 Å². The van der Waals surface area contributed by atoms with Crippen molar-refractivity contribution < 1.29 is 20.1 Å². The fraction of sp³-hybridized carbons (Fsp3) is 1.00. The average molecular weight is 283 g/mol. The van der Waals surface area contributed by atoms with Crippen LogP contribution in [0.15, 0.2) is 0 Å². The van der Waals surface area contributed by atoms with Crippen LogP contribution in [0.4, 0.5) is 0 Å². The topological polar surface area (TPSA) is 95.9 Å². The molecule has 0 spiro atoms. The number of ether oxygens (including phenoxy) is 1. The molecule has 0 bridgehead atoms. The van der Waals surface area contributed by atoms with E-state index in [1.54, 1.807) is 0 Å². The average Bonchev–Trinajstić information content (AvgIpc) is 2.82. The predicted molar refractivity (Wildman–Crippen MR) is 71.4 cm³/mol. The number of rotatable bonds is 0. The van der Waals surface area contributed by atoms with Gasteiger partial charge in [0.25, 0.3) is 0 Å². The Labute approximate surface area is 119 Å². The second kappa shape index (κ2) is 3.25. The maximum Gasteiger partial charge on any atom is 0.198 e. The first kappa shape index (κ1) is 13.5. The Morgan fingerprint density at radius 3 is 2.45 bits per heavy atom. The van der Waals surface area contributed by atoms with Gasteiger partial charge >= 0.3 is 0 Å². The minimum absolute atomic E-state index is 0.0807. The number of nitrogens with two attached hydrogens (primary N) is 1. The third-order valence-electron chi connectivity index (χ3n) is 6.94. The van der Waals surface area contributed by atoms with Gasteiger partial charge in [0.1, 0.15) is 6.10 Å². The van der Waals surface area contributed by atoms with Crippen LogP contribution in [0.5, 0.6) is 0 Å². The summed E-state index contributed by atoms with van der Waals surface area (Å²) in [6.45, 7) is 6.53. The summed E-state index contributed by atoms with van der Waals surface area (Å²) in [6.07, 6.45) is 0.268. The summed E-state index contributed by atoms with van der Waals surface area (Å²) in [7, 11) is 0. The first-order chi connectivity index (χ1) is 9.07. The summed E-state index contributed by atoms with van der Waals surface area (Å²) in [5, 5.41) is 31.9. The zero-order valence-electron chi connectivity index (χ0n) is 12.3. The molecular weight excluding hydrogens is 258 g/mol. The SMILES string of the molecule is CC1(C)C[C@@H]2[C@H](C1)[C@]1(C)C3[C@](O)(OC[C@@]3(N)[C@H]2O)[C@H]1O. The first-order valence-corrected chi connectivity index (χ1v) is 7.59. The van der Waals surface area contributed by atoms with E-state index >= 15 is 0 Å². The molecule has 3 aliphatic carbocycles. The Bertz CT molecular complexity index is 482. The van der Waals surface area contributed by atoms with Crippen LogP contribution in [0.25, 0.3) is 0 Å². The first-order valence-electron chi connectivity index (χ1n) is 7.59. The van der Waals surface area contributed by atoms with Crippen LogP contribution >= 0.6 is 0 Å². The summed E-state index contributed by atoms with van der Waals surface area (Å²) < 4.78 is 5.44. The monoisotopic (exact) mass is 283 g/mol. The van der Waals surface area contributed by atoms with Gasteiger partial charge in [-0.1, -0.05) is 20.8 Å². The van der Waals surface area contributed by atoms with Gasteiger partial charge in [-0.2, -0.15) is 0 Å². The van der Waals surface area contributed by atoms with Crippen molar-refractivity contribution in [3.8, 4) is 0 Å². The van der Waals surface area contributed by atoms with Crippen molar-refractivity contribution in [2.45, 2.75) is 57.1 Å². The Morgan fingerprint density at radius 2 is 1.80 bits per heavy atom. The van der Waals surface area contributed by atoms with Gasteiger partial charge in [-0.3, -0.25) is 0 Å². The Morgan fingerprint density at radius 1 is 1.15 bits per heavy atom. The molecule has 5 N–H and O–H groups in total. The third-order valence-corrected chi connectivity index (χ3v) is 6.94. The van der Waals surface area contributed by atoms with E-state index in [-0.39, 0.29) is 29.8 Å². The molecule has 5 heteroatoms. The molecule has 4 aliphatic rings. The number of aliphatic hydroxyl groups is 3. The molecule has 1 heterocycles. The van der Waals surface area contributed by atoms with Crippen molar-refractivity contribution in [3.05, 3.63) is 0 Å². The van der Waals surface area contributed by atoms with Crippen molar-refractivity contribution >= 4 is 0 Å². The Kier molecular flexibility index (Phi) is 2.19. The molecular formula is C15H25NO4. The normalized spacial score (nSPS) is 66.5. The highest BCUT2D eigenvalue weighted by Crippen LogP contribution is 2.73. The van der Waals surface area contributed by atoms with Crippen molar-refractivity contribution in [2.24, 2.45) is 34.3 Å². The number of fused-ring (bicyclic) bond motifs is 2. The van der Waals surface area contributed by atoms with Gasteiger partial charge in [-0.15, -0.1) is 0 Å². The highest BCUT2D eigenvalue weighted by Gasteiger charge is 2.84. The van der Waals surface area contributed by atoms with Crippen LogP contribution in [0.2, 0.25) is 0 Å². The second-order valence-electron chi connectivity index (χ2n) is 8.64. The molecule has 0 aromatic rings. The molecule has 20 heavy (non-hydrogen) atoms. The van der Waals surface area contributed by atoms with E-state index in [0.717, 1.165) is 12.8 Å². The fourth-order valence-corrected chi connectivity index (χ4v) is 6.26. The minimum Gasteiger partial charge on any atom is -0.391 e. The van der Waals surface area contributed by atoms with Crippen LogP contribution in [0, 0.1) is 28.6 Å². The number of hydrogen-bond acceptors (Lipinski definition) is 5. The minimum atomic E-state index is -1.57. The lowest BCUT2D eigenvalue weighted by Crippen LogP contribution is -2.83. The predicted octanol–water partition coefficient (Wildman–Crippen LogP) is -0.173. The standard InChI is InChI=1S/C15H25NO4/c1-12(2)4-7-8(5-12)13(3)10-14(16,9(7)17)6-20-15(10,19)11(13)18/h7-11,17-19H,4-6,16H2,1-3H3/t7-,8+,9+,10?,11+,13-,14-,15+/m1/s1. The summed E-state index contributed by atoms with van der Waals surface area (Å²) in [5.41, 5.74) is 5.20. The van der Waals surface area contributed by atoms with Gasteiger partial charge in [-0.25, -0.2) is 0 Å². The van der Waals surface area contributed by atoms with Gasteiger partial charge in [0.05, 0.1) is 18.2 Å². The summed E-state index contributed by atoms with van der Waals surface area (Å²) in [6, 6.07) is 0. The van der Waals surface area contributed by atoms with Crippen LogP contribution in [0.1, 0.15) is 33.6 Å². The molecule has 114 valence electrons. The molecule has 0 amide bonds. The van der Waals surface area contributed by atoms with Crippen LogP contribution in [-0.2, 0) is 4.74 Å². The van der Waals surface area contributed by atoms with Crippen LogP contribution in [-0.4, -0.2) is 45.5 Å². The molecule has 0 radical (unpaired) electrons. The van der Waals surface area contributed by atoms with Gasteiger partial charge in [0.2, 0.25) is 0 Å². The van der Waals surface area contributed by atoms with Gasteiger partial charge < -0.3 is 25.8 Å². The molecule has 4 fully saturated rings. The molecule has 0 aromatic heterocycles. The number of hydrogen-bond donors (Lipinski definition) is 4. The van der Waals surface area contributed by atoms with E-state index in [2.05, 4.69) is 13.8 Å². The maximum atomic E-state index is 10.8. The van der Waals surface area contributed by atoms with E-state index in [0.29, 0.717) is 0 Å². The fourth-order valence-electron chi connectivity index (χ4n) is 6.26. The van der Waals surface area contributed by atoms with E-state index in [1.165, 1.54) is 0 Å². The molecule has 1 unspecified atom stereocenters. The lowest BCUT2D eigenvalue weighted by atomic mass is 9.39. The highest BCUT2D eigenvalue weighted by atomic mass is 16.7. The van der Waals surface area contributed by atoms with Crippen LogP contribution < -0.4 is 5.73 Å². The maximum absolute atomic E-state index is 10.8. The van der Waals surface area contributed by atoms with Crippen molar-refractivity contribution in [3.63, 3.8) is 0 Å². The summed E-state index contributed by atoms with van der Waals surface area (Å²) in [5.74, 6) is -1.69. The quantitative estimate of drug-likeness (QED) is 0.495. The van der Waals surface area contributed by atoms with Gasteiger partial charge in [-0.05, 0) is 30.1 Å². The molecule has 4 rings (SSSR count). The lowest BCUT2D eigenvalue weighted by molar-refractivity contribution is -0.389. The summed E-state index contributed by atoms with van der Waals surface area (Å²) in [4.78, 5) is 0. The zero-order valence-corrected chi connectivity index (χ0v) is 12.3. The number of aliphatic hydroxyl groups excluding tert-OH is 2. The van der Waals surface area contributed by atoms with Gasteiger partial charge in [0, 0.05) is 11.3 Å². The largest absolute Gasteiger partial charge is 0.391 e. The van der Waals surface area contributed by atoms with Gasteiger partial charge in [0.15, 0.2) is 5.79 Å². The van der Waals surface area contributed by atoms with Crippen LogP contribution in [0.3, 0.4) is 0 Å². The lowest BCUT2D eigenvalue weighted by Gasteiger charge is -2.68. The molecule has 8 atom stereocenters. The second-order valence-corrected chi connectivity index (χ2v) is 8.64. The van der Waals surface area contributed by atoms with Crippen molar-refractivity contribution in [1.82, 2.24) is 0 Å². The Balaban J connectivity index is 1.85. The van der Waals surface area contributed by atoms with Crippen molar-refractivity contribution in [1.29, 1.82) is 0 Å². The Hall–Kier alpha value is -0.200. The smallest absolute Gasteiger partial charge is 0.198 e.